The molecule has 1 aromatic carbocycles. The molecule has 0 aliphatic heterocycles. The fourth-order valence-electron chi connectivity index (χ4n) is 4.23. The zero-order chi connectivity index (χ0) is 27.8. The van der Waals surface area contributed by atoms with Crippen LogP contribution in [-0.4, -0.2) is 61.3 Å². The van der Waals surface area contributed by atoms with E-state index in [9.17, 15) is 24.0 Å². The zero-order valence-corrected chi connectivity index (χ0v) is 22.0. The minimum Gasteiger partial charge on any atom is -0.465 e. The van der Waals surface area contributed by atoms with E-state index < -0.39 is 48.1 Å². The molecule has 0 saturated heterocycles. The van der Waals surface area contributed by atoms with Gasteiger partial charge >= 0.3 is 5.97 Å². The average molecular weight is 528 g/mol. The van der Waals surface area contributed by atoms with Crippen LogP contribution in [0.5, 0.6) is 0 Å². The predicted octanol–water partition coefficient (Wildman–Crippen LogP) is 1.41. The second kappa shape index (κ2) is 16.9. The Hall–Kier alpha value is -3.71. The minimum absolute atomic E-state index is 0.130. The highest BCUT2D eigenvalue weighted by Crippen LogP contribution is 2.27. The standard InChI is InChI=1S/C28H37N3O7/c1-3-11-24(32)30-22(16-20-12-7-5-8-13-20)27(35)31-23(19-37-18-21-14-9-6-10-15-21)26(34)28(36)29-17-25(33)38-4-2/h6,9-10,14-15,20,22-23H,4-5,7-8,12-13,16-19H2,1-2H3,(H,29,36)(H,30,32)(H,31,35)/t22-,23+/m1/s1. The number of carbonyl (C=O) groups excluding carboxylic acids is 5. The predicted molar refractivity (Wildman–Crippen MR) is 139 cm³/mol. The number of benzene rings is 1. The Morgan fingerprint density at radius 2 is 1.71 bits per heavy atom. The number of ketones is 1. The third-order valence-electron chi connectivity index (χ3n) is 6.11. The normalized spacial score (nSPS) is 14.7. The number of rotatable bonds is 14. The first-order chi connectivity index (χ1) is 18.3. The quantitative estimate of drug-likeness (QED) is 0.189. The molecular formula is C28H37N3O7. The summed E-state index contributed by atoms with van der Waals surface area (Å²) in [6.45, 7) is 2.65. The first-order valence-electron chi connectivity index (χ1n) is 13.0. The molecule has 0 bridgehead atoms. The number of ether oxygens (including phenoxy) is 2. The Balaban J connectivity index is 2.13. The van der Waals surface area contributed by atoms with E-state index in [0.717, 1.165) is 37.7 Å². The van der Waals surface area contributed by atoms with E-state index in [1.807, 2.05) is 30.3 Å². The molecule has 3 N–H and O–H groups in total. The van der Waals surface area contributed by atoms with Crippen LogP contribution in [0.1, 0.15) is 57.9 Å². The van der Waals surface area contributed by atoms with Crippen LogP contribution in [0.2, 0.25) is 0 Å². The highest BCUT2D eigenvalue weighted by Gasteiger charge is 2.32. The summed E-state index contributed by atoms with van der Waals surface area (Å²) in [7, 11) is 0. The van der Waals surface area contributed by atoms with Crippen molar-refractivity contribution >= 4 is 29.5 Å². The molecule has 2 atom stereocenters. The topological polar surface area (TPSA) is 140 Å². The first kappa shape index (κ1) is 30.5. The van der Waals surface area contributed by atoms with Gasteiger partial charge in [0, 0.05) is 0 Å². The van der Waals surface area contributed by atoms with Gasteiger partial charge in [-0.15, -0.1) is 0 Å². The van der Waals surface area contributed by atoms with Crippen LogP contribution in [0.4, 0.5) is 0 Å². The van der Waals surface area contributed by atoms with Crippen LogP contribution in [0.15, 0.2) is 30.3 Å². The maximum atomic E-state index is 13.3. The summed E-state index contributed by atoms with van der Waals surface area (Å²) in [5, 5.41) is 7.43. The van der Waals surface area contributed by atoms with Gasteiger partial charge in [0.2, 0.25) is 11.7 Å². The summed E-state index contributed by atoms with van der Waals surface area (Å²) in [6, 6.07) is 6.94. The molecule has 1 aromatic rings. The van der Waals surface area contributed by atoms with Crippen molar-refractivity contribution in [3.8, 4) is 11.8 Å². The van der Waals surface area contributed by atoms with Gasteiger partial charge < -0.3 is 25.4 Å². The third-order valence-corrected chi connectivity index (χ3v) is 6.11. The van der Waals surface area contributed by atoms with Crippen molar-refractivity contribution in [3.05, 3.63) is 35.9 Å². The van der Waals surface area contributed by atoms with Crippen LogP contribution >= 0.6 is 0 Å². The van der Waals surface area contributed by atoms with Gasteiger partial charge in [0.1, 0.15) is 18.6 Å². The van der Waals surface area contributed by atoms with E-state index in [2.05, 4.69) is 27.8 Å². The Labute approximate surface area is 223 Å². The monoisotopic (exact) mass is 527 g/mol. The minimum atomic E-state index is -1.34. The van der Waals surface area contributed by atoms with Crippen LogP contribution in [0.3, 0.4) is 0 Å². The highest BCUT2D eigenvalue weighted by molar-refractivity contribution is 6.38. The van der Waals surface area contributed by atoms with E-state index in [1.54, 1.807) is 6.92 Å². The van der Waals surface area contributed by atoms with Gasteiger partial charge in [0.05, 0.1) is 19.8 Å². The van der Waals surface area contributed by atoms with Gasteiger partial charge in [-0.1, -0.05) is 68.4 Å². The Morgan fingerprint density at radius 1 is 1.00 bits per heavy atom. The SMILES string of the molecule is CC#CC(=O)N[C@H](CC1CCCCC1)C(=O)N[C@@H](COCc1ccccc1)C(=O)C(=O)NCC(=O)OCC. The van der Waals surface area contributed by atoms with Crippen LogP contribution in [0.25, 0.3) is 0 Å². The van der Waals surface area contributed by atoms with Gasteiger partial charge in [-0.05, 0) is 37.7 Å². The lowest BCUT2D eigenvalue weighted by atomic mass is 9.84. The van der Waals surface area contributed by atoms with Crippen LogP contribution in [-0.2, 0) is 40.1 Å². The fourth-order valence-corrected chi connectivity index (χ4v) is 4.23. The fraction of sp³-hybridized carbons (Fsp3) is 0.536. The number of hydrogen-bond donors (Lipinski definition) is 3. The summed E-state index contributed by atoms with van der Waals surface area (Å²) >= 11 is 0. The lowest BCUT2D eigenvalue weighted by Crippen LogP contribution is -2.56. The maximum Gasteiger partial charge on any atom is 0.325 e. The summed E-state index contributed by atoms with van der Waals surface area (Å²) in [5.41, 5.74) is 0.845. The van der Waals surface area contributed by atoms with Crippen molar-refractivity contribution in [2.75, 3.05) is 19.8 Å². The van der Waals surface area contributed by atoms with Gasteiger partial charge in [0.25, 0.3) is 11.8 Å². The first-order valence-corrected chi connectivity index (χ1v) is 13.0. The molecule has 0 aromatic heterocycles. The number of nitrogens with one attached hydrogen (secondary N) is 3. The molecule has 3 amide bonds. The highest BCUT2D eigenvalue weighted by atomic mass is 16.5. The van der Waals surface area contributed by atoms with Crippen molar-refractivity contribution in [3.63, 3.8) is 0 Å². The molecule has 1 aliphatic carbocycles. The lowest BCUT2D eigenvalue weighted by Gasteiger charge is -2.27. The van der Waals surface area contributed by atoms with Gasteiger partial charge in [0.15, 0.2) is 0 Å². The third kappa shape index (κ3) is 11.1. The summed E-state index contributed by atoms with van der Waals surface area (Å²) < 4.78 is 10.4. The molecule has 0 radical (unpaired) electrons. The number of Topliss-reactive ketones (excluding diaryl/α,β-unsaturated/α-hetero) is 1. The largest absolute Gasteiger partial charge is 0.465 e. The maximum absolute atomic E-state index is 13.3. The van der Waals surface area contributed by atoms with Crippen molar-refractivity contribution in [1.29, 1.82) is 0 Å². The summed E-state index contributed by atoms with van der Waals surface area (Å²) in [5.74, 6) is 1.18. The van der Waals surface area contributed by atoms with E-state index in [1.165, 1.54) is 6.92 Å². The molecule has 1 saturated carbocycles. The zero-order valence-electron chi connectivity index (χ0n) is 22.0. The Bertz CT molecular complexity index is 1010. The van der Waals surface area contributed by atoms with Gasteiger partial charge in [-0.2, -0.15) is 0 Å². The van der Waals surface area contributed by atoms with Crippen LogP contribution < -0.4 is 16.0 Å². The second-order valence-electron chi connectivity index (χ2n) is 9.05. The molecule has 0 spiro atoms. The molecule has 1 aliphatic rings. The molecule has 0 heterocycles. The molecule has 206 valence electrons. The van der Waals surface area contributed by atoms with Crippen molar-refractivity contribution in [1.82, 2.24) is 16.0 Å². The van der Waals surface area contributed by atoms with Gasteiger partial charge in [-0.3, -0.25) is 24.0 Å². The number of hydrogen-bond acceptors (Lipinski definition) is 7. The molecule has 1 fully saturated rings. The van der Waals surface area contributed by atoms with Crippen molar-refractivity contribution in [2.45, 2.75) is 71.1 Å². The lowest BCUT2D eigenvalue weighted by molar-refractivity contribution is -0.146. The number of esters is 1. The van der Waals surface area contributed by atoms with E-state index >= 15 is 0 Å². The van der Waals surface area contributed by atoms with E-state index in [4.69, 9.17) is 9.47 Å². The van der Waals surface area contributed by atoms with Crippen LogP contribution in [0, 0.1) is 17.8 Å². The van der Waals surface area contributed by atoms with Crippen molar-refractivity contribution < 1.29 is 33.4 Å². The molecule has 38 heavy (non-hydrogen) atoms. The smallest absolute Gasteiger partial charge is 0.325 e. The second-order valence-corrected chi connectivity index (χ2v) is 9.05. The van der Waals surface area contributed by atoms with Gasteiger partial charge in [-0.25, -0.2) is 0 Å². The average Bonchev–Trinajstić information content (AvgIpc) is 2.91. The molecule has 10 heteroatoms. The Kier molecular flexibility index (Phi) is 13.6. The molecule has 10 nitrogen and oxygen atoms in total. The molecule has 2 rings (SSSR count). The van der Waals surface area contributed by atoms with Crippen molar-refractivity contribution in [2.24, 2.45) is 5.92 Å². The summed E-state index contributed by atoms with van der Waals surface area (Å²) in [6.07, 6.45) is 5.52. The Morgan fingerprint density at radius 3 is 2.37 bits per heavy atom. The molecule has 0 unspecified atom stereocenters. The number of carbonyl (C=O) groups is 5. The van der Waals surface area contributed by atoms with E-state index in [0.29, 0.717) is 6.42 Å². The van der Waals surface area contributed by atoms with E-state index in [-0.39, 0.29) is 25.7 Å². The number of amides is 3. The summed E-state index contributed by atoms with van der Waals surface area (Å²) in [4.78, 5) is 62.5. The molecular weight excluding hydrogens is 490 g/mol.